The second-order valence-corrected chi connectivity index (χ2v) is 4.92. The molecule has 0 aliphatic rings. The van der Waals surface area contributed by atoms with Crippen molar-refractivity contribution in [1.29, 1.82) is 0 Å². The summed E-state index contributed by atoms with van der Waals surface area (Å²) in [5.41, 5.74) is 2.03. The molecule has 0 fully saturated rings. The SMILES string of the molecule is CCCCC=Cc1cc([O])cc(C=CCCCC)c1. The van der Waals surface area contributed by atoms with E-state index >= 15 is 0 Å². The first-order valence-electron chi connectivity index (χ1n) is 7.41. The van der Waals surface area contributed by atoms with E-state index in [2.05, 4.69) is 44.2 Å². The van der Waals surface area contributed by atoms with Gasteiger partial charge < -0.3 is 0 Å². The van der Waals surface area contributed by atoms with Gasteiger partial charge in [-0.15, -0.1) is 0 Å². The third-order valence-corrected chi connectivity index (χ3v) is 3.02. The molecule has 0 aliphatic heterocycles. The highest BCUT2D eigenvalue weighted by atomic mass is 16.3. The molecule has 1 aromatic rings. The maximum atomic E-state index is 11.6. The highest BCUT2D eigenvalue weighted by Gasteiger charge is 1.97. The van der Waals surface area contributed by atoms with Crippen molar-refractivity contribution in [3.63, 3.8) is 0 Å². The van der Waals surface area contributed by atoms with Crippen LogP contribution in [0, 0.1) is 0 Å². The molecule has 0 unspecified atom stereocenters. The first kappa shape index (κ1) is 15.6. The van der Waals surface area contributed by atoms with Crippen molar-refractivity contribution in [3.05, 3.63) is 41.5 Å². The van der Waals surface area contributed by atoms with E-state index in [4.69, 9.17) is 0 Å². The standard InChI is InChI=1S/C18H25O/c1-3-5-7-9-11-16-13-17(15-18(19)14-16)12-10-8-6-4-2/h9-15H,3-8H2,1-2H3. The normalized spacial score (nSPS) is 11.7. The van der Waals surface area contributed by atoms with Crippen molar-refractivity contribution >= 4 is 12.2 Å². The van der Waals surface area contributed by atoms with Crippen LogP contribution in [0.1, 0.15) is 63.5 Å². The van der Waals surface area contributed by atoms with Crippen molar-refractivity contribution in [2.75, 3.05) is 0 Å². The maximum Gasteiger partial charge on any atom is 0.179 e. The van der Waals surface area contributed by atoms with Crippen molar-refractivity contribution in [3.8, 4) is 5.75 Å². The topological polar surface area (TPSA) is 19.9 Å². The van der Waals surface area contributed by atoms with E-state index in [1.807, 2.05) is 0 Å². The number of hydrogen-bond donors (Lipinski definition) is 0. The summed E-state index contributed by atoms with van der Waals surface area (Å²) >= 11 is 0. The van der Waals surface area contributed by atoms with Crippen molar-refractivity contribution < 1.29 is 5.11 Å². The Balaban J connectivity index is 2.65. The van der Waals surface area contributed by atoms with E-state index in [0.717, 1.165) is 24.0 Å². The van der Waals surface area contributed by atoms with Gasteiger partial charge in [0.15, 0.2) is 5.75 Å². The summed E-state index contributed by atoms with van der Waals surface area (Å²) in [5, 5.41) is 11.6. The highest BCUT2D eigenvalue weighted by molar-refractivity contribution is 5.60. The zero-order valence-electron chi connectivity index (χ0n) is 12.2. The van der Waals surface area contributed by atoms with Crippen LogP contribution in [0.5, 0.6) is 5.75 Å². The van der Waals surface area contributed by atoms with Crippen LogP contribution >= 0.6 is 0 Å². The van der Waals surface area contributed by atoms with Gasteiger partial charge in [0, 0.05) is 0 Å². The smallest absolute Gasteiger partial charge is 0.179 e. The minimum Gasteiger partial charge on any atom is -0.290 e. The Morgan fingerprint density at radius 2 is 1.32 bits per heavy atom. The van der Waals surface area contributed by atoms with E-state index in [1.165, 1.54) is 25.7 Å². The molecule has 0 saturated carbocycles. The third kappa shape index (κ3) is 6.85. The summed E-state index contributed by atoms with van der Waals surface area (Å²) in [5.74, 6) is 0.0905. The van der Waals surface area contributed by atoms with Crippen LogP contribution in [0.2, 0.25) is 0 Å². The molecule has 19 heavy (non-hydrogen) atoms. The molecule has 1 nitrogen and oxygen atoms in total. The van der Waals surface area contributed by atoms with Crippen LogP contribution in [0.4, 0.5) is 0 Å². The van der Waals surface area contributed by atoms with Crippen LogP contribution < -0.4 is 0 Å². The van der Waals surface area contributed by atoms with Crippen molar-refractivity contribution in [1.82, 2.24) is 0 Å². The molecule has 1 heteroatoms. The van der Waals surface area contributed by atoms with Gasteiger partial charge in [0.2, 0.25) is 0 Å². The van der Waals surface area contributed by atoms with Gasteiger partial charge in [0.1, 0.15) is 0 Å². The summed E-state index contributed by atoms with van der Waals surface area (Å²) < 4.78 is 0. The number of rotatable bonds is 8. The molecule has 0 heterocycles. The molecule has 0 N–H and O–H groups in total. The van der Waals surface area contributed by atoms with Gasteiger partial charge in [-0.05, 0) is 42.2 Å². The Morgan fingerprint density at radius 3 is 1.74 bits per heavy atom. The number of allylic oxidation sites excluding steroid dienone is 2. The van der Waals surface area contributed by atoms with Gasteiger partial charge in [-0.3, -0.25) is 5.11 Å². The second-order valence-electron chi connectivity index (χ2n) is 4.92. The number of hydrogen-bond acceptors (Lipinski definition) is 0. The third-order valence-electron chi connectivity index (χ3n) is 3.02. The molecule has 0 atom stereocenters. The van der Waals surface area contributed by atoms with E-state index < -0.39 is 0 Å². The minimum atomic E-state index is 0.0905. The fraction of sp³-hybridized carbons (Fsp3) is 0.444. The highest BCUT2D eigenvalue weighted by Crippen LogP contribution is 2.19. The van der Waals surface area contributed by atoms with Crippen molar-refractivity contribution in [2.45, 2.75) is 52.4 Å². The van der Waals surface area contributed by atoms with Crippen LogP contribution in [-0.4, -0.2) is 0 Å². The quantitative estimate of drug-likeness (QED) is 0.491. The molecule has 1 rings (SSSR count). The average molecular weight is 257 g/mol. The van der Waals surface area contributed by atoms with E-state index in [1.54, 1.807) is 12.1 Å². The monoisotopic (exact) mass is 257 g/mol. The Labute approximate surface area is 117 Å². The van der Waals surface area contributed by atoms with Crippen LogP contribution in [0.3, 0.4) is 0 Å². The molecule has 0 aliphatic carbocycles. The van der Waals surface area contributed by atoms with E-state index in [9.17, 15) is 5.11 Å². The fourth-order valence-electron chi connectivity index (χ4n) is 1.92. The van der Waals surface area contributed by atoms with Crippen LogP contribution in [0.15, 0.2) is 30.4 Å². The van der Waals surface area contributed by atoms with Crippen LogP contribution in [-0.2, 0) is 5.11 Å². The fourth-order valence-corrected chi connectivity index (χ4v) is 1.92. The minimum absolute atomic E-state index is 0.0905. The Bertz CT molecular complexity index is 379. The molecule has 0 aromatic heterocycles. The summed E-state index contributed by atoms with van der Waals surface area (Å²) in [7, 11) is 0. The van der Waals surface area contributed by atoms with Gasteiger partial charge in [0.05, 0.1) is 0 Å². The maximum absolute atomic E-state index is 11.6. The van der Waals surface area contributed by atoms with Gasteiger partial charge in [0.25, 0.3) is 0 Å². The lowest BCUT2D eigenvalue weighted by Crippen LogP contribution is -1.77. The lowest BCUT2D eigenvalue weighted by Gasteiger charge is -1.99. The van der Waals surface area contributed by atoms with Crippen LogP contribution in [0.25, 0.3) is 12.2 Å². The Morgan fingerprint density at radius 1 is 0.842 bits per heavy atom. The lowest BCUT2D eigenvalue weighted by atomic mass is 10.1. The average Bonchev–Trinajstić information content (AvgIpc) is 2.39. The van der Waals surface area contributed by atoms with E-state index in [0.29, 0.717) is 0 Å². The predicted molar refractivity (Wildman–Crippen MR) is 83.7 cm³/mol. The summed E-state index contributed by atoms with van der Waals surface area (Å²) in [6.45, 7) is 4.37. The van der Waals surface area contributed by atoms with Gasteiger partial charge >= 0.3 is 0 Å². The molecule has 1 radical (unpaired) electrons. The molecule has 1 aromatic carbocycles. The molecule has 103 valence electrons. The molecular weight excluding hydrogens is 232 g/mol. The number of unbranched alkanes of at least 4 members (excludes halogenated alkanes) is 4. The molecule has 0 spiro atoms. The zero-order valence-corrected chi connectivity index (χ0v) is 12.2. The summed E-state index contributed by atoms with van der Waals surface area (Å²) in [6.07, 6.45) is 15.4. The Hall–Kier alpha value is -1.50. The summed E-state index contributed by atoms with van der Waals surface area (Å²) in [4.78, 5) is 0. The summed E-state index contributed by atoms with van der Waals surface area (Å²) in [6, 6.07) is 5.48. The molecular formula is C18H25O. The predicted octanol–water partition coefficient (Wildman–Crippen LogP) is 6.24. The first-order valence-corrected chi connectivity index (χ1v) is 7.41. The van der Waals surface area contributed by atoms with Gasteiger partial charge in [-0.1, -0.05) is 63.8 Å². The molecule has 0 amide bonds. The van der Waals surface area contributed by atoms with Crippen molar-refractivity contribution in [2.24, 2.45) is 0 Å². The molecule has 0 saturated heterocycles. The zero-order chi connectivity index (χ0) is 13.9. The lowest BCUT2D eigenvalue weighted by molar-refractivity contribution is 0.355. The van der Waals surface area contributed by atoms with Gasteiger partial charge in [-0.25, -0.2) is 0 Å². The molecule has 0 bridgehead atoms. The largest absolute Gasteiger partial charge is 0.290 e. The Kier molecular flexibility index (Phi) is 7.72. The van der Waals surface area contributed by atoms with Gasteiger partial charge in [-0.2, -0.15) is 0 Å². The number of benzene rings is 1. The second kappa shape index (κ2) is 9.43. The van der Waals surface area contributed by atoms with E-state index in [-0.39, 0.29) is 5.75 Å². The first-order chi connectivity index (χ1) is 9.26.